The number of ketones is 2. The fourth-order valence-electron chi connectivity index (χ4n) is 4.50. The zero-order valence-electron chi connectivity index (χ0n) is 19.8. The van der Waals surface area contributed by atoms with Crippen LogP contribution in [-0.2, 0) is 11.2 Å². The van der Waals surface area contributed by atoms with Gasteiger partial charge in [0.1, 0.15) is 11.4 Å². The van der Waals surface area contributed by atoms with E-state index in [1.807, 2.05) is 73.7 Å². The molecule has 5 aromatic rings. The lowest BCUT2D eigenvalue weighted by atomic mass is 9.85. The molecule has 0 spiro atoms. The summed E-state index contributed by atoms with van der Waals surface area (Å²) >= 11 is 6.60. The summed E-state index contributed by atoms with van der Waals surface area (Å²) in [6.07, 6.45) is 3.77. The zero-order valence-corrected chi connectivity index (χ0v) is 20.5. The molecule has 0 amide bonds. The number of pyridine rings is 1. The van der Waals surface area contributed by atoms with Crippen molar-refractivity contribution < 1.29 is 14.0 Å². The van der Waals surface area contributed by atoms with Crippen molar-refractivity contribution in [3.8, 4) is 0 Å². The van der Waals surface area contributed by atoms with Gasteiger partial charge < -0.3 is 4.42 Å². The van der Waals surface area contributed by atoms with Gasteiger partial charge in [-0.15, -0.1) is 0 Å². The number of furan rings is 1. The molecule has 2 heterocycles. The van der Waals surface area contributed by atoms with Crippen LogP contribution < -0.4 is 0 Å². The van der Waals surface area contributed by atoms with Crippen LogP contribution in [0.4, 0.5) is 0 Å². The molecule has 36 heavy (non-hydrogen) atoms. The Balaban J connectivity index is 1.37. The van der Waals surface area contributed by atoms with Crippen molar-refractivity contribution in [2.24, 2.45) is 0 Å². The Hall–Kier alpha value is -4.02. The number of nitrogens with zero attached hydrogens (tertiary/aromatic N) is 1. The predicted octanol–water partition coefficient (Wildman–Crippen LogP) is 7.35. The highest BCUT2D eigenvalue weighted by molar-refractivity contribution is 6.31. The highest BCUT2D eigenvalue weighted by atomic mass is 35.5. The molecule has 178 valence electrons. The van der Waals surface area contributed by atoms with Gasteiger partial charge in [0.25, 0.3) is 0 Å². The Morgan fingerprint density at radius 1 is 0.917 bits per heavy atom. The molecule has 0 N–H and O–H groups in total. The second-order valence-electron chi connectivity index (χ2n) is 8.96. The fraction of sp³-hybridized carbons (Fsp3) is 0.129. The van der Waals surface area contributed by atoms with Gasteiger partial charge in [-0.1, -0.05) is 60.1 Å². The van der Waals surface area contributed by atoms with E-state index in [2.05, 4.69) is 4.98 Å². The van der Waals surface area contributed by atoms with Crippen LogP contribution in [0.15, 0.2) is 102 Å². The van der Waals surface area contributed by atoms with Gasteiger partial charge >= 0.3 is 0 Å². The SMILES string of the molecule is Cc1ccc(C(CC(=O)Cc2ccc3oc(C(=O)c4ccncc4)cc3c2)c2ccccc2)c(Cl)c1. The van der Waals surface area contributed by atoms with Crippen molar-refractivity contribution in [1.29, 1.82) is 0 Å². The van der Waals surface area contributed by atoms with Crippen molar-refractivity contribution in [2.75, 3.05) is 0 Å². The number of hydrogen-bond donors (Lipinski definition) is 0. The normalized spacial score (nSPS) is 11.9. The molecule has 0 aliphatic carbocycles. The summed E-state index contributed by atoms with van der Waals surface area (Å²) in [6.45, 7) is 2.00. The van der Waals surface area contributed by atoms with E-state index in [-0.39, 0.29) is 29.7 Å². The van der Waals surface area contributed by atoms with E-state index in [0.29, 0.717) is 22.6 Å². The number of aryl methyl sites for hydroxylation is 1. The van der Waals surface area contributed by atoms with Gasteiger partial charge in [-0.25, -0.2) is 0 Å². The number of carbonyl (C=O) groups excluding carboxylic acids is 2. The van der Waals surface area contributed by atoms with Gasteiger partial charge in [0, 0.05) is 47.1 Å². The molecular formula is C31H24ClNO3. The third-order valence-electron chi connectivity index (χ3n) is 6.31. The Bertz CT molecular complexity index is 1540. The largest absolute Gasteiger partial charge is 0.453 e. The van der Waals surface area contributed by atoms with Gasteiger partial charge in [-0.3, -0.25) is 14.6 Å². The highest BCUT2D eigenvalue weighted by Gasteiger charge is 2.21. The number of Topliss-reactive ketones (excluding diaryl/α,β-unsaturated/α-hetero) is 1. The molecule has 0 radical (unpaired) electrons. The van der Waals surface area contributed by atoms with Crippen LogP contribution >= 0.6 is 11.6 Å². The third kappa shape index (κ3) is 5.14. The molecule has 1 unspecified atom stereocenters. The highest BCUT2D eigenvalue weighted by Crippen LogP contribution is 2.34. The molecule has 0 bridgehead atoms. The van der Waals surface area contributed by atoms with Crippen LogP contribution in [0.3, 0.4) is 0 Å². The van der Waals surface area contributed by atoms with E-state index in [9.17, 15) is 9.59 Å². The number of fused-ring (bicyclic) bond motifs is 1. The molecule has 1 atom stereocenters. The van der Waals surface area contributed by atoms with Crippen molar-refractivity contribution in [3.63, 3.8) is 0 Å². The van der Waals surface area contributed by atoms with Crippen LogP contribution in [0.1, 0.15) is 50.7 Å². The van der Waals surface area contributed by atoms with E-state index < -0.39 is 0 Å². The molecule has 5 heteroatoms. The maximum absolute atomic E-state index is 13.3. The first kappa shape index (κ1) is 23.7. The van der Waals surface area contributed by atoms with Gasteiger partial charge in [0.05, 0.1) is 0 Å². The number of halogens is 1. The van der Waals surface area contributed by atoms with Gasteiger partial charge in [0.15, 0.2) is 5.76 Å². The van der Waals surface area contributed by atoms with E-state index in [1.165, 1.54) is 0 Å². The number of carbonyl (C=O) groups is 2. The second-order valence-corrected chi connectivity index (χ2v) is 9.36. The van der Waals surface area contributed by atoms with Crippen LogP contribution in [0.25, 0.3) is 11.0 Å². The lowest BCUT2D eigenvalue weighted by Gasteiger charge is -2.19. The minimum absolute atomic E-state index is 0.108. The standard InChI is InChI=1S/C31H24ClNO3/c1-20-7-9-26(28(32)15-20)27(22-5-3-2-4-6-22)19-25(34)17-21-8-10-29-24(16-21)18-30(36-29)31(35)23-11-13-33-14-12-23/h2-16,18,27H,17,19H2,1H3. The van der Waals surface area contributed by atoms with Gasteiger partial charge in [-0.2, -0.15) is 0 Å². The van der Waals surface area contributed by atoms with Crippen LogP contribution in [0.2, 0.25) is 5.02 Å². The Kier molecular flexibility index (Phi) is 6.79. The molecule has 0 fully saturated rings. The molecule has 5 rings (SSSR count). The van der Waals surface area contributed by atoms with E-state index >= 15 is 0 Å². The lowest BCUT2D eigenvalue weighted by Crippen LogP contribution is -2.11. The predicted molar refractivity (Wildman–Crippen MR) is 142 cm³/mol. The summed E-state index contributed by atoms with van der Waals surface area (Å²) in [6, 6.07) is 26.6. The number of rotatable bonds is 8. The summed E-state index contributed by atoms with van der Waals surface area (Å²) in [5.74, 6) is 0.0372. The Labute approximate surface area is 214 Å². The average Bonchev–Trinajstić information content (AvgIpc) is 3.32. The quantitative estimate of drug-likeness (QED) is 0.212. The number of hydrogen-bond acceptors (Lipinski definition) is 4. The number of benzene rings is 3. The summed E-state index contributed by atoms with van der Waals surface area (Å²) < 4.78 is 5.78. The smallest absolute Gasteiger partial charge is 0.228 e. The molecule has 0 aliphatic rings. The summed E-state index contributed by atoms with van der Waals surface area (Å²) in [5.41, 5.74) is 5.08. The summed E-state index contributed by atoms with van der Waals surface area (Å²) in [5, 5.41) is 1.46. The first-order valence-electron chi connectivity index (χ1n) is 11.8. The molecule has 0 saturated heterocycles. The maximum atomic E-state index is 13.3. The molecule has 4 nitrogen and oxygen atoms in total. The number of aromatic nitrogens is 1. The minimum Gasteiger partial charge on any atom is -0.453 e. The Morgan fingerprint density at radius 3 is 2.44 bits per heavy atom. The van der Waals surface area contributed by atoms with Crippen LogP contribution in [0.5, 0.6) is 0 Å². The van der Waals surface area contributed by atoms with E-state index in [0.717, 1.165) is 27.6 Å². The molecule has 0 aliphatic heterocycles. The van der Waals surface area contributed by atoms with Crippen LogP contribution in [-0.4, -0.2) is 16.6 Å². The van der Waals surface area contributed by atoms with Crippen LogP contribution in [0, 0.1) is 6.92 Å². The molecule has 2 aromatic heterocycles. The van der Waals surface area contributed by atoms with Gasteiger partial charge in [0.2, 0.25) is 5.78 Å². The molecule has 3 aromatic carbocycles. The monoisotopic (exact) mass is 493 g/mol. The second kappa shape index (κ2) is 10.3. The van der Waals surface area contributed by atoms with Crippen molar-refractivity contribution in [1.82, 2.24) is 4.98 Å². The molecular weight excluding hydrogens is 470 g/mol. The fourth-order valence-corrected chi connectivity index (χ4v) is 4.86. The van der Waals surface area contributed by atoms with Crippen molar-refractivity contribution >= 4 is 34.1 Å². The maximum Gasteiger partial charge on any atom is 0.228 e. The average molecular weight is 494 g/mol. The molecule has 0 saturated carbocycles. The van der Waals surface area contributed by atoms with E-state index in [1.54, 1.807) is 30.6 Å². The lowest BCUT2D eigenvalue weighted by molar-refractivity contribution is -0.118. The van der Waals surface area contributed by atoms with Crippen molar-refractivity contribution in [2.45, 2.75) is 25.7 Å². The first-order chi connectivity index (χ1) is 17.5. The first-order valence-corrected chi connectivity index (χ1v) is 12.2. The topological polar surface area (TPSA) is 60.2 Å². The summed E-state index contributed by atoms with van der Waals surface area (Å²) in [4.78, 5) is 29.9. The zero-order chi connectivity index (χ0) is 25.1. The summed E-state index contributed by atoms with van der Waals surface area (Å²) in [7, 11) is 0. The Morgan fingerprint density at radius 2 is 1.69 bits per heavy atom. The van der Waals surface area contributed by atoms with E-state index in [4.69, 9.17) is 16.0 Å². The third-order valence-corrected chi connectivity index (χ3v) is 6.64. The van der Waals surface area contributed by atoms with Gasteiger partial charge in [-0.05, 0) is 65.6 Å². The minimum atomic E-state index is -0.202. The van der Waals surface area contributed by atoms with Crippen molar-refractivity contribution in [3.05, 3.63) is 136 Å².